The van der Waals surface area contributed by atoms with Crippen molar-refractivity contribution in [3.8, 4) is 0 Å². The molecule has 112 valence electrons. The Kier molecular flexibility index (Phi) is 5.07. The first-order valence-electron chi connectivity index (χ1n) is 7.29. The van der Waals surface area contributed by atoms with Crippen molar-refractivity contribution in [3.05, 3.63) is 70.3 Å². The maximum atomic E-state index is 14.3. The lowest BCUT2D eigenvalue weighted by molar-refractivity contribution is 0.476. The summed E-state index contributed by atoms with van der Waals surface area (Å²) >= 11 is 0. The van der Waals surface area contributed by atoms with Crippen LogP contribution in [0.15, 0.2) is 36.4 Å². The van der Waals surface area contributed by atoms with Crippen molar-refractivity contribution in [2.45, 2.75) is 33.2 Å². The Balaban J connectivity index is 2.48. The van der Waals surface area contributed by atoms with E-state index in [0.717, 1.165) is 24.1 Å². The maximum absolute atomic E-state index is 14.3. The highest BCUT2D eigenvalue weighted by Crippen LogP contribution is 2.27. The van der Waals surface area contributed by atoms with Crippen LogP contribution in [0.2, 0.25) is 0 Å². The van der Waals surface area contributed by atoms with Gasteiger partial charge in [0.25, 0.3) is 0 Å². The first kappa shape index (κ1) is 15.6. The zero-order chi connectivity index (χ0) is 15.4. The van der Waals surface area contributed by atoms with Gasteiger partial charge in [0.1, 0.15) is 0 Å². The zero-order valence-electron chi connectivity index (χ0n) is 12.7. The lowest BCUT2D eigenvalue weighted by atomic mass is 9.95. The molecule has 0 aliphatic rings. The number of benzene rings is 2. The van der Waals surface area contributed by atoms with Crippen LogP contribution in [0, 0.1) is 25.5 Å². The maximum Gasteiger partial charge on any atom is 0.164 e. The first-order valence-corrected chi connectivity index (χ1v) is 7.29. The number of nitrogens with one attached hydrogen (secondary N) is 1. The molecule has 0 saturated carbocycles. The molecule has 0 aromatic heterocycles. The van der Waals surface area contributed by atoms with Gasteiger partial charge in [-0.1, -0.05) is 48.9 Å². The predicted molar refractivity (Wildman–Crippen MR) is 82.4 cm³/mol. The second-order valence-corrected chi connectivity index (χ2v) is 5.40. The third kappa shape index (κ3) is 3.48. The van der Waals surface area contributed by atoms with Crippen molar-refractivity contribution < 1.29 is 8.78 Å². The largest absolute Gasteiger partial charge is 0.306 e. The summed E-state index contributed by atoms with van der Waals surface area (Å²) in [6, 6.07) is 10.8. The van der Waals surface area contributed by atoms with E-state index >= 15 is 0 Å². The molecular weight excluding hydrogens is 268 g/mol. The van der Waals surface area contributed by atoms with E-state index in [1.54, 1.807) is 19.1 Å². The van der Waals surface area contributed by atoms with E-state index in [0.29, 0.717) is 11.1 Å². The minimum atomic E-state index is -0.761. The number of hydrogen-bond acceptors (Lipinski definition) is 1. The van der Waals surface area contributed by atoms with Crippen LogP contribution in [0.5, 0.6) is 0 Å². The molecule has 2 aromatic carbocycles. The van der Waals surface area contributed by atoms with Gasteiger partial charge in [-0.2, -0.15) is 0 Å². The SMILES string of the molecule is CCCNC(c1cccc(C)c1)c1ccc(C)c(F)c1F. The average Bonchev–Trinajstić information content (AvgIpc) is 2.47. The van der Waals surface area contributed by atoms with Gasteiger partial charge in [-0.05, 0) is 37.9 Å². The van der Waals surface area contributed by atoms with Crippen molar-refractivity contribution in [1.29, 1.82) is 0 Å². The molecule has 2 aromatic rings. The van der Waals surface area contributed by atoms with Gasteiger partial charge < -0.3 is 5.32 Å². The summed E-state index contributed by atoms with van der Waals surface area (Å²) in [5, 5.41) is 3.31. The minimum absolute atomic E-state index is 0.328. The van der Waals surface area contributed by atoms with E-state index in [1.165, 1.54) is 0 Å². The molecule has 0 bridgehead atoms. The quantitative estimate of drug-likeness (QED) is 0.843. The zero-order valence-corrected chi connectivity index (χ0v) is 12.7. The standard InChI is InChI=1S/C18H21F2N/c1-4-10-21-18(14-7-5-6-12(2)11-14)15-9-8-13(3)16(19)17(15)20/h5-9,11,18,21H,4,10H2,1-3H3. The Morgan fingerprint density at radius 2 is 1.81 bits per heavy atom. The van der Waals surface area contributed by atoms with E-state index in [2.05, 4.69) is 5.32 Å². The molecule has 0 amide bonds. The van der Waals surface area contributed by atoms with Crippen LogP contribution in [-0.4, -0.2) is 6.54 Å². The molecule has 0 radical (unpaired) electrons. The van der Waals surface area contributed by atoms with Crippen molar-refractivity contribution >= 4 is 0 Å². The van der Waals surface area contributed by atoms with Crippen LogP contribution in [0.1, 0.15) is 41.6 Å². The molecule has 21 heavy (non-hydrogen) atoms. The molecule has 0 aliphatic heterocycles. The molecule has 0 heterocycles. The number of hydrogen-bond donors (Lipinski definition) is 1. The molecule has 1 atom stereocenters. The summed E-state index contributed by atoms with van der Waals surface area (Å²) in [5.74, 6) is -1.52. The van der Waals surface area contributed by atoms with Crippen LogP contribution < -0.4 is 5.32 Å². The van der Waals surface area contributed by atoms with Crippen LogP contribution in [0.25, 0.3) is 0 Å². The van der Waals surface area contributed by atoms with E-state index in [9.17, 15) is 8.78 Å². The lowest BCUT2D eigenvalue weighted by Gasteiger charge is -2.21. The highest BCUT2D eigenvalue weighted by Gasteiger charge is 2.20. The van der Waals surface area contributed by atoms with Crippen molar-refractivity contribution in [1.82, 2.24) is 5.32 Å². The first-order chi connectivity index (χ1) is 10.0. The Labute approximate surface area is 125 Å². The second-order valence-electron chi connectivity index (χ2n) is 5.40. The molecule has 1 unspecified atom stereocenters. The van der Waals surface area contributed by atoms with Gasteiger partial charge in [-0.25, -0.2) is 8.78 Å². The van der Waals surface area contributed by atoms with E-state index in [-0.39, 0.29) is 6.04 Å². The van der Waals surface area contributed by atoms with Crippen molar-refractivity contribution in [2.24, 2.45) is 0 Å². The van der Waals surface area contributed by atoms with Crippen LogP contribution in [-0.2, 0) is 0 Å². The Morgan fingerprint density at radius 3 is 2.48 bits per heavy atom. The van der Waals surface area contributed by atoms with E-state index in [1.807, 2.05) is 38.1 Å². The summed E-state index contributed by atoms with van der Waals surface area (Å²) in [5.41, 5.74) is 2.74. The predicted octanol–water partition coefficient (Wildman–Crippen LogP) is 4.67. The topological polar surface area (TPSA) is 12.0 Å². The van der Waals surface area contributed by atoms with Crippen LogP contribution in [0.4, 0.5) is 8.78 Å². The highest BCUT2D eigenvalue weighted by molar-refractivity contribution is 5.36. The average molecular weight is 289 g/mol. The van der Waals surface area contributed by atoms with Gasteiger partial charge in [-0.15, -0.1) is 0 Å². The monoisotopic (exact) mass is 289 g/mol. The van der Waals surface area contributed by atoms with Crippen LogP contribution in [0.3, 0.4) is 0 Å². The van der Waals surface area contributed by atoms with Crippen molar-refractivity contribution in [3.63, 3.8) is 0 Å². The third-order valence-corrected chi connectivity index (χ3v) is 3.59. The molecule has 0 fully saturated rings. The Hall–Kier alpha value is -1.74. The second kappa shape index (κ2) is 6.81. The van der Waals surface area contributed by atoms with E-state index < -0.39 is 11.6 Å². The fourth-order valence-electron chi connectivity index (χ4n) is 2.43. The molecule has 2 rings (SSSR count). The summed E-state index contributed by atoms with van der Waals surface area (Å²) in [4.78, 5) is 0. The smallest absolute Gasteiger partial charge is 0.164 e. The lowest BCUT2D eigenvalue weighted by Crippen LogP contribution is -2.24. The van der Waals surface area contributed by atoms with Gasteiger partial charge in [0, 0.05) is 5.56 Å². The molecule has 3 heteroatoms. The number of halogens is 2. The Bertz CT molecular complexity index is 623. The number of rotatable bonds is 5. The normalized spacial score (nSPS) is 12.4. The summed E-state index contributed by atoms with van der Waals surface area (Å²) in [6.07, 6.45) is 0.929. The van der Waals surface area contributed by atoms with Gasteiger partial charge in [0.2, 0.25) is 0 Å². The number of aryl methyl sites for hydroxylation is 2. The van der Waals surface area contributed by atoms with Gasteiger partial charge in [0.15, 0.2) is 11.6 Å². The third-order valence-electron chi connectivity index (χ3n) is 3.59. The highest BCUT2D eigenvalue weighted by atomic mass is 19.2. The molecule has 0 spiro atoms. The van der Waals surface area contributed by atoms with Gasteiger partial charge in [0.05, 0.1) is 6.04 Å². The Morgan fingerprint density at radius 1 is 1.05 bits per heavy atom. The van der Waals surface area contributed by atoms with Crippen LogP contribution >= 0.6 is 0 Å². The molecular formula is C18H21F2N. The molecule has 1 nitrogen and oxygen atoms in total. The summed E-state index contributed by atoms with van der Waals surface area (Å²) in [6.45, 7) is 6.36. The molecule has 1 N–H and O–H groups in total. The van der Waals surface area contributed by atoms with Gasteiger partial charge in [-0.3, -0.25) is 0 Å². The fourth-order valence-corrected chi connectivity index (χ4v) is 2.43. The molecule has 0 aliphatic carbocycles. The fraction of sp³-hybridized carbons (Fsp3) is 0.333. The van der Waals surface area contributed by atoms with Crippen molar-refractivity contribution in [2.75, 3.05) is 6.54 Å². The van der Waals surface area contributed by atoms with Gasteiger partial charge >= 0.3 is 0 Å². The summed E-state index contributed by atoms with van der Waals surface area (Å²) < 4.78 is 28.2. The van der Waals surface area contributed by atoms with E-state index in [4.69, 9.17) is 0 Å². The minimum Gasteiger partial charge on any atom is -0.306 e. The summed E-state index contributed by atoms with van der Waals surface area (Å²) in [7, 11) is 0. The molecule has 0 saturated heterocycles.